The summed E-state index contributed by atoms with van der Waals surface area (Å²) in [5.41, 5.74) is 2.26. The molecule has 0 bridgehead atoms. The molecular formula is C12H15N3O2S2. The van der Waals surface area contributed by atoms with Crippen LogP contribution in [0.25, 0.3) is 0 Å². The summed E-state index contributed by atoms with van der Waals surface area (Å²) < 4.78 is 26.8. The molecule has 19 heavy (non-hydrogen) atoms. The molecule has 0 atom stereocenters. The third-order valence-corrected chi connectivity index (χ3v) is 5.99. The summed E-state index contributed by atoms with van der Waals surface area (Å²) in [4.78, 5) is 7.67. The lowest BCUT2D eigenvalue weighted by atomic mass is 10.0. The maximum absolute atomic E-state index is 12.0. The first-order chi connectivity index (χ1) is 9.15. The van der Waals surface area contributed by atoms with Crippen LogP contribution in [0.4, 0.5) is 0 Å². The van der Waals surface area contributed by atoms with E-state index in [4.69, 9.17) is 0 Å². The highest BCUT2D eigenvalue weighted by molar-refractivity contribution is 7.91. The number of hydrogen-bond donors (Lipinski definition) is 2. The smallest absolute Gasteiger partial charge is 0.250 e. The number of H-pyrrole nitrogens is 1. The van der Waals surface area contributed by atoms with Gasteiger partial charge in [-0.3, -0.25) is 0 Å². The number of imidazole rings is 1. The lowest BCUT2D eigenvalue weighted by Gasteiger charge is -2.07. The van der Waals surface area contributed by atoms with E-state index in [9.17, 15) is 8.42 Å². The van der Waals surface area contributed by atoms with Gasteiger partial charge in [-0.15, -0.1) is 11.3 Å². The summed E-state index contributed by atoms with van der Waals surface area (Å²) in [6, 6.07) is 3.32. The normalized spacial score (nSPS) is 15.4. The van der Waals surface area contributed by atoms with E-state index in [1.54, 1.807) is 17.5 Å². The van der Waals surface area contributed by atoms with Gasteiger partial charge in [0.25, 0.3) is 0 Å². The highest BCUT2D eigenvalue weighted by Gasteiger charge is 2.18. The first-order valence-electron chi connectivity index (χ1n) is 6.25. The van der Waals surface area contributed by atoms with Crippen molar-refractivity contribution in [1.29, 1.82) is 0 Å². The summed E-state index contributed by atoms with van der Waals surface area (Å²) in [6.45, 7) is 0.216. The fourth-order valence-corrected chi connectivity index (χ4v) is 4.27. The number of thiophene rings is 1. The molecule has 1 aliphatic rings. The molecule has 0 unspecified atom stereocenters. The molecule has 5 nitrogen and oxygen atoms in total. The Labute approximate surface area is 116 Å². The molecule has 3 rings (SSSR count). The Kier molecular flexibility index (Phi) is 3.42. The Bertz CT molecular complexity index is 636. The lowest BCUT2D eigenvalue weighted by molar-refractivity contribution is 0.581. The molecule has 0 saturated carbocycles. The van der Waals surface area contributed by atoms with Crippen LogP contribution in [0.1, 0.15) is 30.1 Å². The van der Waals surface area contributed by atoms with Gasteiger partial charge in [-0.05, 0) is 37.1 Å². The molecule has 0 fully saturated rings. The number of fused-ring (bicyclic) bond motifs is 1. The van der Waals surface area contributed by atoms with E-state index < -0.39 is 10.0 Å². The Hall–Kier alpha value is -1.18. The van der Waals surface area contributed by atoms with Gasteiger partial charge < -0.3 is 4.98 Å². The van der Waals surface area contributed by atoms with Crippen molar-refractivity contribution in [1.82, 2.24) is 14.7 Å². The highest BCUT2D eigenvalue weighted by atomic mass is 32.2. The molecular weight excluding hydrogens is 282 g/mol. The van der Waals surface area contributed by atoms with Crippen molar-refractivity contribution in [3.8, 4) is 0 Å². The van der Waals surface area contributed by atoms with Gasteiger partial charge in [0.05, 0.1) is 12.2 Å². The van der Waals surface area contributed by atoms with Crippen molar-refractivity contribution in [2.75, 3.05) is 0 Å². The number of rotatable bonds is 4. The molecule has 0 amide bonds. The maximum atomic E-state index is 12.0. The Morgan fingerprint density at radius 3 is 2.95 bits per heavy atom. The minimum Gasteiger partial charge on any atom is -0.345 e. The SMILES string of the molecule is O=S(=O)(NCc1nc2c([nH]1)CCCC2)c1cccs1. The van der Waals surface area contributed by atoms with Crippen molar-refractivity contribution >= 4 is 21.4 Å². The third kappa shape index (κ3) is 2.72. The van der Waals surface area contributed by atoms with Crippen molar-refractivity contribution in [2.24, 2.45) is 0 Å². The van der Waals surface area contributed by atoms with Crippen LogP contribution in [-0.2, 0) is 29.4 Å². The standard InChI is InChI=1S/C12H15N3O2S2/c16-19(17,12-6-3-7-18-12)13-8-11-14-9-4-1-2-5-10(9)15-11/h3,6-7,13H,1-2,4-5,8H2,(H,14,15). The van der Waals surface area contributed by atoms with Crippen molar-refractivity contribution < 1.29 is 8.42 Å². The summed E-state index contributed by atoms with van der Waals surface area (Å²) in [7, 11) is -3.41. The van der Waals surface area contributed by atoms with Gasteiger partial charge in [-0.1, -0.05) is 6.07 Å². The fourth-order valence-electron chi connectivity index (χ4n) is 2.25. The van der Waals surface area contributed by atoms with Gasteiger partial charge in [0, 0.05) is 5.69 Å². The predicted octanol–water partition coefficient (Wildman–Crippen LogP) is 1.83. The van der Waals surface area contributed by atoms with E-state index in [-0.39, 0.29) is 6.54 Å². The highest BCUT2D eigenvalue weighted by Crippen LogP contribution is 2.19. The maximum Gasteiger partial charge on any atom is 0.250 e. The molecule has 2 aromatic heterocycles. The molecule has 1 aliphatic carbocycles. The molecule has 102 valence electrons. The second-order valence-corrected chi connectivity index (χ2v) is 7.51. The molecule has 2 aromatic rings. The topological polar surface area (TPSA) is 74.8 Å². The predicted molar refractivity (Wildman–Crippen MR) is 73.6 cm³/mol. The van der Waals surface area contributed by atoms with Crippen LogP contribution in [0.5, 0.6) is 0 Å². The van der Waals surface area contributed by atoms with Gasteiger partial charge in [-0.2, -0.15) is 0 Å². The van der Waals surface area contributed by atoms with Gasteiger partial charge in [0.1, 0.15) is 10.0 Å². The Balaban J connectivity index is 1.71. The van der Waals surface area contributed by atoms with Crippen molar-refractivity contribution in [2.45, 2.75) is 36.4 Å². The third-order valence-electron chi connectivity index (χ3n) is 3.19. The summed E-state index contributed by atoms with van der Waals surface area (Å²) in [5, 5.41) is 1.75. The van der Waals surface area contributed by atoms with Gasteiger partial charge in [0.2, 0.25) is 10.0 Å². The largest absolute Gasteiger partial charge is 0.345 e. The van der Waals surface area contributed by atoms with E-state index in [0.29, 0.717) is 10.0 Å². The minimum absolute atomic E-state index is 0.216. The van der Waals surface area contributed by atoms with E-state index in [1.807, 2.05) is 0 Å². The van der Waals surface area contributed by atoms with Crippen LogP contribution in [0.2, 0.25) is 0 Å². The Morgan fingerprint density at radius 2 is 2.21 bits per heavy atom. The number of aromatic amines is 1. The summed E-state index contributed by atoms with van der Waals surface area (Å²) >= 11 is 1.21. The van der Waals surface area contributed by atoms with Crippen LogP contribution >= 0.6 is 11.3 Å². The number of nitrogens with zero attached hydrogens (tertiary/aromatic N) is 1. The molecule has 0 aliphatic heterocycles. The van der Waals surface area contributed by atoms with E-state index in [2.05, 4.69) is 14.7 Å². The number of nitrogens with one attached hydrogen (secondary N) is 2. The van der Waals surface area contributed by atoms with Crippen LogP contribution in [0, 0.1) is 0 Å². The Morgan fingerprint density at radius 1 is 1.37 bits per heavy atom. The van der Waals surface area contributed by atoms with Gasteiger partial charge >= 0.3 is 0 Å². The number of hydrogen-bond acceptors (Lipinski definition) is 4. The van der Waals surface area contributed by atoms with Gasteiger partial charge in [0.15, 0.2) is 0 Å². The first-order valence-corrected chi connectivity index (χ1v) is 8.61. The average molecular weight is 297 g/mol. The van der Waals surface area contributed by atoms with Crippen LogP contribution < -0.4 is 4.72 Å². The second-order valence-electron chi connectivity index (χ2n) is 4.57. The van der Waals surface area contributed by atoms with E-state index in [1.165, 1.54) is 17.8 Å². The zero-order valence-corrected chi connectivity index (χ0v) is 12.0. The molecule has 7 heteroatoms. The number of aromatic nitrogens is 2. The van der Waals surface area contributed by atoms with Crippen molar-refractivity contribution in [3.05, 3.63) is 34.7 Å². The van der Waals surface area contributed by atoms with Crippen LogP contribution in [0.3, 0.4) is 0 Å². The fraction of sp³-hybridized carbons (Fsp3) is 0.417. The van der Waals surface area contributed by atoms with E-state index in [0.717, 1.165) is 30.7 Å². The van der Waals surface area contributed by atoms with Crippen molar-refractivity contribution in [3.63, 3.8) is 0 Å². The minimum atomic E-state index is -3.41. The molecule has 0 spiro atoms. The average Bonchev–Trinajstić information content (AvgIpc) is 3.05. The molecule has 2 heterocycles. The summed E-state index contributed by atoms with van der Waals surface area (Å²) in [6.07, 6.45) is 4.34. The monoisotopic (exact) mass is 297 g/mol. The number of sulfonamides is 1. The first kappa shape index (κ1) is 12.8. The molecule has 0 saturated heterocycles. The van der Waals surface area contributed by atoms with E-state index >= 15 is 0 Å². The zero-order chi connectivity index (χ0) is 13.3. The quantitative estimate of drug-likeness (QED) is 0.904. The zero-order valence-electron chi connectivity index (χ0n) is 10.3. The van der Waals surface area contributed by atoms with Crippen LogP contribution in [0.15, 0.2) is 21.7 Å². The summed E-state index contributed by atoms with van der Waals surface area (Å²) in [5.74, 6) is 0.701. The molecule has 2 N–H and O–H groups in total. The van der Waals surface area contributed by atoms with Crippen LogP contribution in [-0.4, -0.2) is 18.4 Å². The number of aryl methyl sites for hydroxylation is 2. The van der Waals surface area contributed by atoms with Gasteiger partial charge in [-0.25, -0.2) is 18.1 Å². The lowest BCUT2D eigenvalue weighted by Crippen LogP contribution is -2.23. The molecule has 0 radical (unpaired) electrons. The second kappa shape index (κ2) is 5.07. The molecule has 0 aromatic carbocycles.